The van der Waals surface area contributed by atoms with Crippen LogP contribution in [0.25, 0.3) is 5.65 Å². The average Bonchev–Trinajstić information content (AvgIpc) is 3.42. The zero-order valence-electron chi connectivity index (χ0n) is 14.5. The van der Waals surface area contributed by atoms with Gasteiger partial charge in [-0.15, -0.1) is 15.3 Å². The molecular formula is C17H20N8O. The van der Waals surface area contributed by atoms with Crippen LogP contribution in [0.4, 0.5) is 5.82 Å². The Morgan fingerprint density at radius 1 is 1.15 bits per heavy atom. The quantitative estimate of drug-likeness (QED) is 0.742. The molecule has 2 atom stereocenters. The number of amides is 1. The van der Waals surface area contributed by atoms with Gasteiger partial charge in [0.2, 0.25) is 0 Å². The van der Waals surface area contributed by atoms with Crippen molar-refractivity contribution in [2.75, 3.05) is 31.1 Å². The lowest BCUT2D eigenvalue weighted by molar-refractivity contribution is 0.0776. The summed E-state index contributed by atoms with van der Waals surface area (Å²) in [5.41, 5.74) is 1.34. The molecule has 1 N–H and O–H groups in total. The minimum absolute atomic E-state index is 0.0417. The lowest BCUT2D eigenvalue weighted by atomic mass is 10.0. The number of anilines is 1. The van der Waals surface area contributed by atoms with Crippen molar-refractivity contribution < 1.29 is 4.79 Å². The van der Waals surface area contributed by atoms with E-state index in [-0.39, 0.29) is 5.91 Å². The molecule has 3 aromatic rings. The molecule has 9 nitrogen and oxygen atoms in total. The number of H-pyrrole nitrogens is 1. The first-order valence-electron chi connectivity index (χ1n) is 8.98. The molecule has 0 saturated carbocycles. The summed E-state index contributed by atoms with van der Waals surface area (Å²) in [6.45, 7) is 5.46. The fraction of sp³-hybridized carbons (Fsp3) is 0.471. The maximum atomic E-state index is 12.5. The number of likely N-dealkylation sites (tertiary alicyclic amines) is 1. The largest absolute Gasteiger partial charge is 0.354 e. The van der Waals surface area contributed by atoms with E-state index in [4.69, 9.17) is 5.10 Å². The molecule has 26 heavy (non-hydrogen) atoms. The summed E-state index contributed by atoms with van der Waals surface area (Å²) in [5, 5.41) is 19.7. The smallest absolute Gasteiger partial charge is 0.271 e. The number of aromatic nitrogens is 6. The van der Waals surface area contributed by atoms with Gasteiger partial charge in [0.25, 0.3) is 5.91 Å². The van der Waals surface area contributed by atoms with Crippen LogP contribution in [0.15, 0.2) is 24.4 Å². The first-order chi connectivity index (χ1) is 12.7. The second-order valence-corrected chi connectivity index (χ2v) is 7.04. The van der Waals surface area contributed by atoms with Crippen molar-refractivity contribution in [1.29, 1.82) is 0 Å². The number of nitrogens with zero attached hydrogens (tertiary/aromatic N) is 7. The van der Waals surface area contributed by atoms with E-state index >= 15 is 0 Å². The third kappa shape index (κ3) is 2.34. The molecule has 134 valence electrons. The highest BCUT2D eigenvalue weighted by Gasteiger charge is 2.42. The van der Waals surface area contributed by atoms with E-state index in [0.29, 0.717) is 17.5 Å². The van der Waals surface area contributed by atoms with Gasteiger partial charge < -0.3 is 9.80 Å². The summed E-state index contributed by atoms with van der Waals surface area (Å²) >= 11 is 0. The Morgan fingerprint density at radius 2 is 1.96 bits per heavy atom. The zero-order valence-corrected chi connectivity index (χ0v) is 14.5. The van der Waals surface area contributed by atoms with Gasteiger partial charge in [-0.1, -0.05) is 6.92 Å². The Bertz CT molecular complexity index is 935. The van der Waals surface area contributed by atoms with Crippen LogP contribution in [-0.4, -0.2) is 67.0 Å². The molecule has 0 aliphatic carbocycles. The van der Waals surface area contributed by atoms with Crippen molar-refractivity contribution in [3.8, 4) is 0 Å². The average molecular weight is 352 g/mol. The van der Waals surface area contributed by atoms with Gasteiger partial charge in [0.1, 0.15) is 11.5 Å². The molecule has 2 aliphatic rings. The van der Waals surface area contributed by atoms with E-state index in [9.17, 15) is 4.79 Å². The molecule has 0 bridgehead atoms. The maximum absolute atomic E-state index is 12.5. The second kappa shape index (κ2) is 5.79. The molecule has 2 unspecified atom stereocenters. The number of aromatic amines is 1. The van der Waals surface area contributed by atoms with E-state index < -0.39 is 0 Å². The first-order valence-corrected chi connectivity index (χ1v) is 8.98. The highest BCUT2D eigenvalue weighted by atomic mass is 16.2. The normalized spacial score (nSPS) is 22.3. The molecular weight excluding hydrogens is 332 g/mol. The van der Waals surface area contributed by atoms with Crippen molar-refractivity contribution in [2.45, 2.75) is 13.3 Å². The van der Waals surface area contributed by atoms with E-state index in [2.05, 4.69) is 32.2 Å². The topological polar surface area (TPSA) is 95.3 Å². The number of fused-ring (bicyclic) bond motifs is 2. The second-order valence-electron chi connectivity index (χ2n) is 7.04. The first kappa shape index (κ1) is 15.3. The fourth-order valence-electron chi connectivity index (χ4n) is 4.10. The zero-order chi connectivity index (χ0) is 17.7. The van der Waals surface area contributed by atoms with Crippen LogP contribution in [0.1, 0.15) is 23.2 Å². The maximum Gasteiger partial charge on any atom is 0.271 e. The van der Waals surface area contributed by atoms with Crippen molar-refractivity contribution in [2.24, 2.45) is 11.8 Å². The monoisotopic (exact) mass is 352 g/mol. The Morgan fingerprint density at radius 3 is 2.65 bits per heavy atom. The van der Waals surface area contributed by atoms with Crippen molar-refractivity contribution in [3.05, 3.63) is 35.9 Å². The van der Waals surface area contributed by atoms with Crippen molar-refractivity contribution in [3.63, 3.8) is 0 Å². The minimum Gasteiger partial charge on any atom is -0.354 e. The fourth-order valence-corrected chi connectivity index (χ4v) is 4.10. The molecule has 2 aliphatic heterocycles. The summed E-state index contributed by atoms with van der Waals surface area (Å²) in [4.78, 5) is 16.7. The van der Waals surface area contributed by atoms with Gasteiger partial charge in [0, 0.05) is 50.6 Å². The van der Waals surface area contributed by atoms with Gasteiger partial charge in [0.15, 0.2) is 11.5 Å². The molecule has 0 radical (unpaired) electrons. The summed E-state index contributed by atoms with van der Waals surface area (Å²) in [6, 6.07) is 5.71. The van der Waals surface area contributed by atoms with Crippen LogP contribution in [0.3, 0.4) is 0 Å². The van der Waals surface area contributed by atoms with Gasteiger partial charge in [-0.2, -0.15) is 9.61 Å². The van der Waals surface area contributed by atoms with E-state index in [1.54, 1.807) is 12.3 Å². The van der Waals surface area contributed by atoms with Crippen LogP contribution >= 0.6 is 0 Å². The number of carbonyl (C=O) groups excluding carboxylic acids is 1. The number of carbonyl (C=O) groups is 1. The number of aryl methyl sites for hydroxylation is 1. The minimum atomic E-state index is 0.0417. The lowest BCUT2D eigenvalue weighted by Gasteiger charge is -2.22. The Labute approximate surface area is 150 Å². The third-order valence-corrected chi connectivity index (χ3v) is 5.46. The summed E-state index contributed by atoms with van der Waals surface area (Å²) in [7, 11) is 0. The molecule has 1 amide bonds. The molecule has 0 spiro atoms. The Balaban J connectivity index is 1.31. The number of nitrogens with one attached hydrogen (secondary N) is 1. The van der Waals surface area contributed by atoms with Gasteiger partial charge in [-0.25, -0.2) is 0 Å². The van der Waals surface area contributed by atoms with Gasteiger partial charge in [-0.3, -0.25) is 9.89 Å². The third-order valence-electron chi connectivity index (χ3n) is 5.46. The number of hydrogen-bond donors (Lipinski definition) is 1. The Hall–Kier alpha value is -2.97. The van der Waals surface area contributed by atoms with Crippen molar-refractivity contribution >= 4 is 17.4 Å². The number of rotatable bonds is 3. The Kier molecular flexibility index (Phi) is 3.41. The van der Waals surface area contributed by atoms with Crippen LogP contribution in [-0.2, 0) is 6.42 Å². The van der Waals surface area contributed by atoms with Gasteiger partial charge in [0.05, 0.1) is 0 Å². The standard InChI is InChI=1S/C17H20N8O/c1-2-14-20-21-15-3-4-16(22-25(14)15)23-7-11-9-24(10-12(11)8-23)17(26)13-5-6-18-19-13/h3-6,11-12H,2,7-10H2,1H3,(H,18,19). The molecule has 2 fully saturated rings. The van der Waals surface area contributed by atoms with Gasteiger partial charge in [-0.05, 0) is 18.2 Å². The van der Waals surface area contributed by atoms with E-state index in [1.165, 1.54) is 0 Å². The van der Waals surface area contributed by atoms with Crippen LogP contribution < -0.4 is 4.90 Å². The highest BCUT2D eigenvalue weighted by Crippen LogP contribution is 2.33. The molecule has 0 aromatic carbocycles. The van der Waals surface area contributed by atoms with Gasteiger partial charge >= 0.3 is 0 Å². The van der Waals surface area contributed by atoms with E-state index in [1.807, 2.05) is 21.5 Å². The predicted molar refractivity (Wildman–Crippen MR) is 93.8 cm³/mol. The van der Waals surface area contributed by atoms with Crippen LogP contribution in [0.2, 0.25) is 0 Å². The predicted octanol–water partition coefficient (Wildman–Crippen LogP) is 0.618. The number of hydrogen-bond acceptors (Lipinski definition) is 6. The highest BCUT2D eigenvalue weighted by molar-refractivity contribution is 5.92. The summed E-state index contributed by atoms with van der Waals surface area (Å²) in [5.74, 6) is 2.82. The molecule has 5 heterocycles. The van der Waals surface area contributed by atoms with E-state index in [0.717, 1.165) is 49.9 Å². The molecule has 2 saturated heterocycles. The van der Waals surface area contributed by atoms with Crippen LogP contribution in [0, 0.1) is 11.8 Å². The summed E-state index contributed by atoms with van der Waals surface area (Å²) in [6.07, 6.45) is 2.41. The molecule has 3 aromatic heterocycles. The molecule has 5 rings (SSSR count). The lowest BCUT2D eigenvalue weighted by Crippen LogP contribution is -2.33. The summed E-state index contributed by atoms with van der Waals surface area (Å²) < 4.78 is 1.83. The van der Waals surface area contributed by atoms with Crippen molar-refractivity contribution in [1.82, 2.24) is 34.9 Å². The van der Waals surface area contributed by atoms with Crippen LogP contribution in [0.5, 0.6) is 0 Å². The SMILES string of the molecule is CCc1nnc2ccc(N3CC4CN(C(=O)c5ccn[nH]5)CC4C3)nn12. The molecule has 9 heteroatoms.